The van der Waals surface area contributed by atoms with Crippen molar-refractivity contribution in [2.24, 2.45) is 5.73 Å². The molecule has 0 saturated carbocycles. The molecule has 22 heavy (non-hydrogen) atoms. The zero-order chi connectivity index (χ0) is 16.0. The summed E-state index contributed by atoms with van der Waals surface area (Å²) in [4.78, 5) is 11.9. The van der Waals surface area contributed by atoms with E-state index in [1.807, 2.05) is 20.8 Å². The average molecular weight is 331 g/mol. The van der Waals surface area contributed by atoms with Gasteiger partial charge in [-0.3, -0.25) is 4.79 Å². The lowest BCUT2D eigenvalue weighted by atomic mass is 10.1. The van der Waals surface area contributed by atoms with E-state index >= 15 is 0 Å². The maximum atomic E-state index is 12.6. The molecule has 1 aromatic carbocycles. The summed E-state index contributed by atoms with van der Waals surface area (Å²) >= 11 is 0. The van der Waals surface area contributed by atoms with E-state index in [0.717, 1.165) is 0 Å². The molecule has 1 aromatic rings. The minimum Gasteiger partial charge on any atom is -0.489 e. The minimum absolute atomic E-state index is 0. The molecule has 0 radical (unpaired) electrons. The monoisotopic (exact) mass is 330 g/mol. The highest BCUT2D eigenvalue weighted by molar-refractivity contribution is 5.94. The maximum absolute atomic E-state index is 12.6. The van der Waals surface area contributed by atoms with Crippen LogP contribution in [0.25, 0.3) is 0 Å². The molecule has 6 heteroatoms. The van der Waals surface area contributed by atoms with Gasteiger partial charge in [-0.25, -0.2) is 4.39 Å². The molecule has 0 aromatic heterocycles. The number of rotatable bonds is 5. The molecule has 1 atom stereocenters. The molecule has 124 valence electrons. The van der Waals surface area contributed by atoms with Crippen molar-refractivity contribution in [2.75, 3.05) is 6.61 Å². The number of nitrogens with two attached hydrogens (primary N) is 1. The summed E-state index contributed by atoms with van der Waals surface area (Å²) in [5, 5.41) is 2.87. The maximum Gasteiger partial charge on any atom is 0.251 e. The van der Waals surface area contributed by atoms with E-state index in [1.165, 1.54) is 0 Å². The predicted molar refractivity (Wildman–Crippen MR) is 89.2 cm³/mol. The number of hydrogen-bond acceptors (Lipinski definition) is 3. The van der Waals surface area contributed by atoms with Crippen LogP contribution in [-0.4, -0.2) is 24.1 Å². The van der Waals surface area contributed by atoms with Gasteiger partial charge in [-0.15, -0.1) is 12.4 Å². The molecule has 1 amide bonds. The summed E-state index contributed by atoms with van der Waals surface area (Å²) in [5.41, 5.74) is 6.23. The van der Waals surface area contributed by atoms with Crippen molar-refractivity contribution in [2.45, 2.75) is 39.3 Å². The molecule has 0 spiro atoms. The summed E-state index contributed by atoms with van der Waals surface area (Å²) in [7, 11) is 0. The molecule has 0 fully saturated rings. The molecule has 4 nitrogen and oxygen atoms in total. The molecule has 3 N–H and O–H groups in total. The van der Waals surface area contributed by atoms with Gasteiger partial charge in [-0.05, 0) is 52.0 Å². The first kappa shape index (κ1) is 20.4. The molecule has 0 aliphatic carbocycles. The van der Waals surface area contributed by atoms with Gasteiger partial charge >= 0.3 is 0 Å². The van der Waals surface area contributed by atoms with Gasteiger partial charge in [-0.2, -0.15) is 0 Å². The molecule has 1 rings (SSSR count). The van der Waals surface area contributed by atoms with Crippen LogP contribution in [-0.2, 0) is 0 Å². The Morgan fingerprint density at radius 3 is 2.32 bits per heavy atom. The fraction of sp³-hybridized carbons (Fsp3) is 0.438. The summed E-state index contributed by atoms with van der Waals surface area (Å²) < 4.78 is 18.0. The number of amides is 1. The van der Waals surface area contributed by atoms with Crippen LogP contribution in [0.4, 0.5) is 4.39 Å². The fourth-order valence-electron chi connectivity index (χ4n) is 1.54. The number of carbonyl (C=O) groups excluding carboxylic acids is 1. The van der Waals surface area contributed by atoms with E-state index in [2.05, 4.69) is 5.32 Å². The lowest BCUT2D eigenvalue weighted by Gasteiger charge is -2.20. The molecule has 0 saturated heterocycles. The summed E-state index contributed by atoms with van der Waals surface area (Å²) in [6.07, 6.45) is 0.468. The van der Waals surface area contributed by atoms with Gasteiger partial charge in [0.1, 0.15) is 12.4 Å². The van der Waals surface area contributed by atoms with Crippen molar-refractivity contribution >= 4 is 18.3 Å². The van der Waals surface area contributed by atoms with Crippen molar-refractivity contribution in [1.29, 1.82) is 0 Å². The normalized spacial score (nSPS) is 13.1. The number of hydrogen-bond donors (Lipinski definition) is 2. The van der Waals surface area contributed by atoms with Crippen LogP contribution in [0.15, 0.2) is 36.2 Å². The van der Waals surface area contributed by atoms with Gasteiger partial charge in [0, 0.05) is 22.7 Å². The highest BCUT2D eigenvalue weighted by atomic mass is 35.5. The van der Waals surface area contributed by atoms with E-state index in [-0.39, 0.29) is 30.5 Å². The Kier molecular flexibility index (Phi) is 8.12. The highest BCUT2D eigenvalue weighted by Crippen LogP contribution is 2.14. The number of carbonyl (C=O) groups is 1. The third-order valence-electron chi connectivity index (χ3n) is 2.74. The highest BCUT2D eigenvalue weighted by Gasteiger charge is 2.15. The van der Waals surface area contributed by atoms with Crippen molar-refractivity contribution in [3.05, 3.63) is 41.7 Å². The number of benzene rings is 1. The van der Waals surface area contributed by atoms with Crippen LogP contribution in [0, 0.1) is 0 Å². The zero-order valence-corrected chi connectivity index (χ0v) is 14.2. The Hall–Kier alpha value is -1.59. The average Bonchev–Trinajstić information content (AvgIpc) is 2.37. The molecule has 0 aliphatic heterocycles. The standard InChI is InChI=1S/C16H23FN2O2.ClH/c1-11(18)13(9-17)10-21-14-7-5-12(6-8-14)15(20)19-16(2,3)4;/h5-9,11H,10,18H2,1-4H3,(H,19,20);1H/b13-9-;/t11-;/m0./s1. The van der Waals surface area contributed by atoms with E-state index in [4.69, 9.17) is 10.5 Å². The van der Waals surface area contributed by atoms with Crippen LogP contribution in [0.2, 0.25) is 0 Å². The molecule has 0 bridgehead atoms. The minimum atomic E-state index is -0.396. The van der Waals surface area contributed by atoms with E-state index in [0.29, 0.717) is 23.2 Å². The SMILES string of the molecule is C[C@H](N)/C(=C\F)COc1ccc(C(=O)NC(C)(C)C)cc1.Cl. The predicted octanol–water partition coefficient (Wildman–Crippen LogP) is 3.22. The number of nitrogens with one attached hydrogen (secondary N) is 1. The summed E-state index contributed by atoms with van der Waals surface area (Å²) in [5.74, 6) is 0.413. The van der Waals surface area contributed by atoms with Crippen LogP contribution in [0.3, 0.4) is 0 Å². The number of halogens is 2. The lowest BCUT2D eigenvalue weighted by molar-refractivity contribution is 0.0919. The van der Waals surface area contributed by atoms with Crippen LogP contribution in [0.5, 0.6) is 5.75 Å². The third kappa shape index (κ3) is 6.91. The van der Waals surface area contributed by atoms with Gasteiger partial charge < -0.3 is 15.8 Å². The van der Waals surface area contributed by atoms with Crippen molar-refractivity contribution in [3.8, 4) is 5.75 Å². The van der Waals surface area contributed by atoms with E-state index < -0.39 is 6.04 Å². The van der Waals surface area contributed by atoms with Crippen molar-refractivity contribution < 1.29 is 13.9 Å². The second kappa shape index (κ2) is 8.76. The Morgan fingerprint density at radius 2 is 1.91 bits per heavy atom. The molecular weight excluding hydrogens is 307 g/mol. The molecule has 0 aliphatic rings. The van der Waals surface area contributed by atoms with Gasteiger partial charge in [0.05, 0.1) is 6.33 Å². The lowest BCUT2D eigenvalue weighted by Crippen LogP contribution is -2.40. The quantitative estimate of drug-likeness (QED) is 0.871. The summed E-state index contributed by atoms with van der Waals surface area (Å²) in [6, 6.07) is 6.29. The fourth-order valence-corrected chi connectivity index (χ4v) is 1.54. The molecular formula is C16H24ClFN2O2. The van der Waals surface area contributed by atoms with Crippen molar-refractivity contribution in [3.63, 3.8) is 0 Å². The van der Waals surface area contributed by atoms with Crippen molar-refractivity contribution in [1.82, 2.24) is 5.32 Å². The third-order valence-corrected chi connectivity index (χ3v) is 2.74. The van der Waals surface area contributed by atoms with Gasteiger partial charge in [-0.1, -0.05) is 0 Å². The smallest absolute Gasteiger partial charge is 0.251 e. The Balaban J connectivity index is 0.00000441. The largest absolute Gasteiger partial charge is 0.489 e. The second-order valence-electron chi connectivity index (χ2n) is 5.99. The first-order valence-corrected chi connectivity index (χ1v) is 6.83. The Bertz CT molecular complexity index is 508. The molecule has 0 unspecified atom stereocenters. The first-order chi connectivity index (χ1) is 9.73. The van der Waals surface area contributed by atoms with E-state index in [9.17, 15) is 9.18 Å². The second-order valence-corrected chi connectivity index (χ2v) is 5.99. The Labute approximate surface area is 137 Å². The van der Waals surface area contributed by atoms with Gasteiger partial charge in [0.2, 0.25) is 0 Å². The first-order valence-electron chi connectivity index (χ1n) is 6.83. The van der Waals surface area contributed by atoms with Crippen LogP contribution < -0.4 is 15.8 Å². The summed E-state index contributed by atoms with van der Waals surface area (Å²) in [6.45, 7) is 7.53. The topological polar surface area (TPSA) is 64.3 Å². The zero-order valence-electron chi connectivity index (χ0n) is 13.4. The van der Waals surface area contributed by atoms with Gasteiger partial charge in [0.15, 0.2) is 0 Å². The van der Waals surface area contributed by atoms with Gasteiger partial charge in [0.25, 0.3) is 5.91 Å². The van der Waals surface area contributed by atoms with E-state index in [1.54, 1.807) is 31.2 Å². The Morgan fingerprint density at radius 1 is 1.36 bits per heavy atom. The number of ether oxygens (including phenoxy) is 1. The van der Waals surface area contributed by atoms with Crippen LogP contribution in [0.1, 0.15) is 38.1 Å². The molecule has 0 heterocycles. The van der Waals surface area contributed by atoms with Crippen LogP contribution >= 0.6 is 12.4 Å².